The van der Waals surface area contributed by atoms with Gasteiger partial charge in [-0.2, -0.15) is 0 Å². The Morgan fingerprint density at radius 3 is 2.54 bits per heavy atom. The Hall–Kier alpha value is -0.450. The van der Waals surface area contributed by atoms with Gasteiger partial charge in [-0.25, -0.2) is 9.98 Å². The molecule has 0 aromatic carbocycles. The van der Waals surface area contributed by atoms with Gasteiger partial charge in [0.25, 0.3) is 0 Å². The fourth-order valence-corrected chi connectivity index (χ4v) is 4.09. The van der Waals surface area contributed by atoms with E-state index in [1.165, 1.54) is 6.42 Å². The van der Waals surface area contributed by atoms with Crippen LogP contribution in [0.25, 0.3) is 0 Å². The van der Waals surface area contributed by atoms with E-state index in [1.54, 1.807) is 11.3 Å². The topological polar surface area (TPSA) is 61.8 Å². The highest BCUT2D eigenvalue weighted by Gasteiger charge is 2.22. The number of nitrogens with one attached hydrogen (secondary N) is 2. The highest BCUT2D eigenvalue weighted by atomic mass is 127. The standard InChI is InChI=1S/C20H37N5OS.HI/c1-6-21-20(23-13-19-24-18(14-27-19)16(4)5)22-12-17(11-15(2)3)25-7-9-26-10-8-25;/h14-17H,6-13H2,1-5H3,(H2,21,22,23);1H. The monoisotopic (exact) mass is 523 g/mol. The number of aliphatic imine (C=N–C) groups is 1. The lowest BCUT2D eigenvalue weighted by Gasteiger charge is -2.35. The van der Waals surface area contributed by atoms with Crippen molar-refractivity contribution < 1.29 is 4.74 Å². The first kappa shape index (κ1) is 25.6. The van der Waals surface area contributed by atoms with Crippen LogP contribution in [-0.4, -0.2) is 61.3 Å². The predicted octanol–water partition coefficient (Wildman–Crippen LogP) is 3.69. The van der Waals surface area contributed by atoms with Gasteiger partial charge in [0.2, 0.25) is 0 Å². The largest absolute Gasteiger partial charge is 0.379 e. The number of thiazole rings is 1. The van der Waals surface area contributed by atoms with E-state index < -0.39 is 0 Å². The Morgan fingerprint density at radius 1 is 1.25 bits per heavy atom. The number of rotatable bonds is 9. The van der Waals surface area contributed by atoms with Crippen molar-refractivity contribution in [3.63, 3.8) is 0 Å². The first-order chi connectivity index (χ1) is 13.0. The van der Waals surface area contributed by atoms with Crippen molar-refractivity contribution in [1.82, 2.24) is 20.5 Å². The van der Waals surface area contributed by atoms with E-state index in [4.69, 9.17) is 9.73 Å². The number of morpholine rings is 1. The summed E-state index contributed by atoms with van der Waals surface area (Å²) in [6.07, 6.45) is 1.18. The van der Waals surface area contributed by atoms with Gasteiger partial charge in [-0.15, -0.1) is 35.3 Å². The third-order valence-corrected chi connectivity index (χ3v) is 5.54. The van der Waals surface area contributed by atoms with Gasteiger partial charge in [0, 0.05) is 37.6 Å². The minimum atomic E-state index is 0. The molecule has 2 N–H and O–H groups in total. The number of ether oxygens (including phenoxy) is 1. The van der Waals surface area contributed by atoms with Crippen LogP contribution in [0.2, 0.25) is 0 Å². The summed E-state index contributed by atoms with van der Waals surface area (Å²) in [6, 6.07) is 0.505. The van der Waals surface area contributed by atoms with E-state index in [0.717, 1.165) is 56.1 Å². The normalized spacial score (nSPS) is 16.9. The molecule has 1 aromatic rings. The molecule has 0 spiro atoms. The van der Waals surface area contributed by atoms with Crippen LogP contribution in [0, 0.1) is 5.92 Å². The maximum absolute atomic E-state index is 5.52. The first-order valence-electron chi connectivity index (χ1n) is 10.3. The maximum Gasteiger partial charge on any atom is 0.191 e. The number of hydrogen-bond donors (Lipinski definition) is 2. The Labute approximate surface area is 192 Å². The first-order valence-corrected chi connectivity index (χ1v) is 11.2. The molecular formula is C20H38IN5OS. The van der Waals surface area contributed by atoms with Gasteiger partial charge in [0.15, 0.2) is 5.96 Å². The summed E-state index contributed by atoms with van der Waals surface area (Å²) in [7, 11) is 0. The summed E-state index contributed by atoms with van der Waals surface area (Å²) in [5, 5.41) is 10.1. The Bertz CT molecular complexity index is 573. The van der Waals surface area contributed by atoms with Crippen LogP contribution in [0.3, 0.4) is 0 Å². The van der Waals surface area contributed by atoms with Gasteiger partial charge in [-0.3, -0.25) is 4.90 Å². The number of nitrogens with zero attached hydrogens (tertiary/aromatic N) is 3. The molecule has 2 heterocycles. The maximum atomic E-state index is 5.52. The van der Waals surface area contributed by atoms with Gasteiger partial charge >= 0.3 is 0 Å². The van der Waals surface area contributed by atoms with Crippen LogP contribution in [0.1, 0.15) is 57.7 Å². The molecule has 1 unspecified atom stereocenters. The fourth-order valence-electron chi connectivity index (χ4n) is 3.21. The molecule has 1 aromatic heterocycles. The molecule has 0 aliphatic carbocycles. The molecule has 6 nitrogen and oxygen atoms in total. The fraction of sp³-hybridized carbons (Fsp3) is 0.800. The Kier molecular flexibility index (Phi) is 12.5. The lowest BCUT2D eigenvalue weighted by atomic mass is 10.0. The minimum Gasteiger partial charge on any atom is -0.379 e. The van der Waals surface area contributed by atoms with Gasteiger partial charge in [-0.1, -0.05) is 27.7 Å². The average molecular weight is 524 g/mol. The zero-order valence-corrected chi connectivity index (χ0v) is 21.2. The van der Waals surface area contributed by atoms with Crippen molar-refractivity contribution in [3.05, 3.63) is 16.1 Å². The molecular weight excluding hydrogens is 485 g/mol. The molecule has 1 saturated heterocycles. The summed E-state index contributed by atoms with van der Waals surface area (Å²) >= 11 is 1.70. The molecule has 8 heteroatoms. The minimum absolute atomic E-state index is 0. The van der Waals surface area contributed by atoms with Gasteiger partial charge in [0.05, 0.1) is 25.5 Å². The van der Waals surface area contributed by atoms with E-state index in [9.17, 15) is 0 Å². The van der Waals surface area contributed by atoms with Crippen molar-refractivity contribution >= 4 is 41.3 Å². The van der Waals surface area contributed by atoms with Crippen molar-refractivity contribution in [3.8, 4) is 0 Å². The molecule has 1 atom stereocenters. The van der Waals surface area contributed by atoms with E-state index in [1.807, 2.05) is 0 Å². The average Bonchev–Trinajstić information content (AvgIpc) is 3.12. The molecule has 1 fully saturated rings. The van der Waals surface area contributed by atoms with Gasteiger partial charge in [0.1, 0.15) is 5.01 Å². The molecule has 0 radical (unpaired) electrons. The van der Waals surface area contributed by atoms with Gasteiger partial charge in [-0.05, 0) is 25.2 Å². The highest BCUT2D eigenvalue weighted by molar-refractivity contribution is 14.0. The lowest BCUT2D eigenvalue weighted by molar-refractivity contribution is 0.0132. The van der Waals surface area contributed by atoms with Crippen LogP contribution >= 0.6 is 35.3 Å². The second-order valence-corrected chi connectivity index (χ2v) is 8.77. The number of guanidine groups is 1. The Morgan fingerprint density at radius 2 is 1.96 bits per heavy atom. The number of aromatic nitrogens is 1. The third kappa shape index (κ3) is 8.92. The van der Waals surface area contributed by atoms with Crippen molar-refractivity contribution in [2.75, 3.05) is 39.4 Å². The van der Waals surface area contributed by atoms with Gasteiger partial charge < -0.3 is 15.4 Å². The summed E-state index contributed by atoms with van der Waals surface area (Å²) in [6.45, 7) is 17.1. The SMILES string of the molecule is CCNC(=NCc1nc(C(C)C)cs1)NCC(CC(C)C)N1CCOCC1.I. The smallest absolute Gasteiger partial charge is 0.191 e. The predicted molar refractivity (Wildman–Crippen MR) is 130 cm³/mol. The number of halogens is 1. The van der Waals surface area contributed by atoms with Crippen LogP contribution < -0.4 is 10.6 Å². The second-order valence-electron chi connectivity index (χ2n) is 7.83. The molecule has 1 aliphatic rings. The molecule has 0 bridgehead atoms. The Balaban J connectivity index is 0.00000392. The highest BCUT2D eigenvalue weighted by Crippen LogP contribution is 2.18. The molecule has 162 valence electrons. The molecule has 0 amide bonds. The molecule has 0 saturated carbocycles. The summed E-state index contributed by atoms with van der Waals surface area (Å²) < 4.78 is 5.52. The summed E-state index contributed by atoms with van der Waals surface area (Å²) in [5.74, 6) is 2.01. The zero-order valence-electron chi connectivity index (χ0n) is 18.0. The third-order valence-electron chi connectivity index (χ3n) is 4.69. The molecule has 28 heavy (non-hydrogen) atoms. The molecule has 2 rings (SSSR count). The lowest BCUT2D eigenvalue weighted by Crippen LogP contribution is -2.51. The summed E-state index contributed by atoms with van der Waals surface area (Å²) in [5.41, 5.74) is 1.16. The van der Waals surface area contributed by atoms with E-state index in [0.29, 0.717) is 24.4 Å². The van der Waals surface area contributed by atoms with E-state index >= 15 is 0 Å². The zero-order chi connectivity index (χ0) is 19.6. The van der Waals surface area contributed by atoms with Crippen molar-refractivity contribution in [2.45, 2.75) is 59.5 Å². The van der Waals surface area contributed by atoms with Crippen LogP contribution in [0.15, 0.2) is 10.4 Å². The summed E-state index contributed by atoms with van der Waals surface area (Å²) in [4.78, 5) is 12.0. The van der Waals surface area contributed by atoms with Crippen LogP contribution in [-0.2, 0) is 11.3 Å². The van der Waals surface area contributed by atoms with E-state index in [2.05, 4.69) is 60.5 Å². The van der Waals surface area contributed by atoms with Crippen LogP contribution in [0.4, 0.5) is 0 Å². The van der Waals surface area contributed by atoms with Crippen molar-refractivity contribution in [2.24, 2.45) is 10.9 Å². The molecule has 1 aliphatic heterocycles. The number of hydrogen-bond acceptors (Lipinski definition) is 5. The van der Waals surface area contributed by atoms with E-state index in [-0.39, 0.29) is 24.0 Å². The second kappa shape index (κ2) is 13.7. The quantitative estimate of drug-likeness (QED) is 0.294. The van der Waals surface area contributed by atoms with Crippen molar-refractivity contribution in [1.29, 1.82) is 0 Å². The van der Waals surface area contributed by atoms with Crippen LogP contribution in [0.5, 0.6) is 0 Å².